The van der Waals surface area contributed by atoms with Crippen LogP contribution in [0.4, 0.5) is 4.79 Å². The Morgan fingerprint density at radius 3 is 2.43 bits per heavy atom. The third-order valence-corrected chi connectivity index (χ3v) is 4.49. The van der Waals surface area contributed by atoms with Crippen molar-refractivity contribution in [3.63, 3.8) is 0 Å². The number of urea groups is 1. The van der Waals surface area contributed by atoms with Crippen LogP contribution in [-0.2, 0) is 12.8 Å². The highest BCUT2D eigenvalue weighted by molar-refractivity contribution is 5.73. The quantitative estimate of drug-likeness (QED) is 0.624. The second-order valence-corrected chi connectivity index (χ2v) is 6.83. The number of benzene rings is 2. The topological polar surface area (TPSA) is 53.6 Å². The average molecular weight is 380 g/mol. The first-order valence-corrected chi connectivity index (χ1v) is 9.45. The van der Waals surface area contributed by atoms with Gasteiger partial charge in [-0.3, -0.25) is 0 Å². The standard InChI is InChI=1S/C23H29N3O2/c1-4-16-28-22-12-10-19(11-13-22)14-15-24-23(27)25-18-21(26(2)3)17-20-8-6-5-7-9-20/h1,5-13,21H,14-18H2,2-3H3,(H2,24,25,27). The molecule has 0 aliphatic heterocycles. The molecule has 28 heavy (non-hydrogen) atoms. The highest BCUT2D eigenvalue weighted by Gasteiger charge is 2.13. The largest absolute Gasteiger partial charge is 0.481 e. The van der Waals surface area contributed by atoms with E-state index in [2.05, 4.69) is 33.6 Å². The number of hydrogen-bond donors (Lipinski definition) is 2. The van der Waals surface area contributed by atoms with Crippen LogP contribution in [0.15, 0.2) is 54.6 Å². The fourth-order valence-corrected chi connectivity index (χ4v) is 2.79. The number of ether oxygens (including phenoxy) is 1. The van der Waals surface area contributed by atoms with E-state index in [0.717, 1.165) is 24.2 Å². The lowest BCUT2D eigenvalue weighted by atomic mass is 10.1. The third kappa shape index (κ3) is 7.73. The molecule has 2 aromatic carbocycles. The molecule has 2 rings (SSSR count). The predicted octanol–water partition coefficient (Wildman–Crippen LogP) is 2.71. The van der Waals surface area contributed by atoms with Crippen LogP contribution in [-0.4, -0.2) is 50.8 Å². The maximum absolute atomic E-state index is 12.1. The minimum Gasteiger partial charge on any atom is -0.481 e. The number of rotatable bonds is 10. The van der Waals surface area contributed by atoms with Gasteiger partial charge in [-0.15, -0.1) is 6.42 Å². The molecule has 0 aromatic heterocycles. The van der Waals surface area contributed by atoms with Crippen molar-refractivity contribution >= 4 is 6.03 Å². The number of hydrogen-bond acceptors (Lipinski definition) is 3. The molecule has 0 saturated carbocycles. The van der Waals surface area contributed by atoms with E-state index in [9.17, 15) is 4.79 Å². The highest BCUT2D eigenvalue weighted by Crippen LogP contribution is 2.12. The molecule has 0 saturated heterocycles. The van der Waals surface area contributed by atoms with Crippen LogP contribution in [0.3, 0.4) is 0 Å². The Labute approximate surface area is 168 Å². The van der Waals surface area contributed by atoms with Crippen LogP contribution in [0.25, 0.3) is 0 Å². The summed E-state index contributed by atoms with van der Waals surface area (Å²) in [7, 11) is 4.06. The molecule has 2 amide bonds. The highest BCUT2D eigenvalue weighted by atomic mass is 16.5. The number of amides is 2. The molecule has 0 heterocycles. The Morgan fingerprint density at radius 1 is 1.07 bits per heavy atom. The van der Waals surface area contributed by atoms with Gasteiger partial charge in [0.25, 0.3) is 0 Å². The van der Waals surface area contributed by atoms with Gasteiger partial charge in [-0.05, 0) is 50.2 Å². The molecule has 0 radical (unpaired) electrons. The summed E-state index contributed by atoms with van der Waals surface area (Å²) < 4.78 is 5.35. The summed E-state index contributed by atoms with van der Waals surface area (Å²) in [6.45, 7) is 1.43. The molecule has 2 aromatic rings. The Balaban J connectivity index is 1.70. The van der Waals surface area contributed by atoms with E-state index >= 15 is 0 Å². The van der Waals surface area contributed by atoms with Crippen molar-refractivity contribution in [3.8, 4) is 18.1 Å². The zero-order valence-corrected chi connectivity index (χ0v) is 16.7. The minimum absolute atomic E-state index is 0.145. The summed E-state index contributed by atoms with van der Waals surface area (Å²) in [4.78, 5) is 14.2. The second-order valence-electron chi connectivity index (χ2n) is 6.83. The van der Waals surface area contributed by atoms with Crippen molar-refractivity contribution in [3.05, 3.63) is 65.7 Å². The predicted molar refractivity (Wildman–Crippen MR) is 113 cm³/mol. The SMILES string of the molecule is C#CCOc1ccc(CCNC(=O)NCC(Cc2ccccc2)N(C)C)cc1. The molecule has 5 heteroatoms. The van der Waals surface area contributed by atoms with Gasteiger partial charge in [0.05, 0.1) is 0 Å². The summed E-state index contributed by atoms with van der Waals surface area (Å²) in [6, 6.07) is 18.1. The summed E-state index contributed by atoms with van der Waals surface area (Å²) in [5, 5.41) is 5.88. The van der Waals surface area contributed by atoms with Crippen molar-refractivity contribution in [2.24, 2.45) is 0 Å². The lowest BCUT2D eigenvalue weighted by Crippen LogP contribution is -2.45. The maximum atomic E-state index is 12.1. The summed E-state index contributed by atoms with van der Waals surface area (Å²) in [5.74, 6) is 3.19. The molecular formula is C23H29N3O2. The first-order valence-electron chi connectivity index (χ1n) is 9.45. The van der Waals surface area contributed by atoms with E-state index in [1.807, 2.05) is 56.6 Å². The monoisotopic (exact) mass is 379 g/mol. The van der Waals surface area contributed by atoms with Crippen LogP contribution in [0.2, 0.25) is 0 Å². The summed E-state index contributed by atoms with van der Waals surface area (Å²) >= 11 is 0. The van der Waals surface area contributed by atoms with Crippen LogP contribution in [0.1, 0.15) is 11.1 Å². The van der Waals surface area contributed by atoms with Crippen molar-refractivity contribution in [1.82, 2.24) is 15.5 Å². The zero-order valence-electron chi connectivity index (χ0n) is 16.7. The van der Waals surface area contributed by atoms with E-state index in [-0.39, 0.29) is 18.7 Å². The Kier molecular flexibility index (Phi) is 8.90. The summed E-state index contributed by atoms with van der Waals surface area (Å²) in [6.07, 6.45) is 6.82. The van der Waals surface area contributed by atoms with Crippen molar-refractivity contribution in [2.75, 3.05) is 33.8 Å². The van der Waals surface area contributed by atoms with Crippen LogP contribution >= 0.6 is 0 Å². The van der Waals surface area contributed by atoms with Crippen LogP contribution in [0.5, 0.6) is 5.75 Å². The van der Waals surface area contributed by atoms with Gasteiger partial charge < -0.3 is 20.3 Å². The number of carbonyl (C=O) groups is 1. The molecule has 2 N–H and O–H groups in total. The number of nitrogens with zero attached hydrogens (tertiary/aromatic N) is 1. The normalized spacial score (nSPS) is 11.5. The molecule has 0 spiro atoms. The van der Waals surface area contributed by atoms with Gasteiger partial charge in [-0.1, -0.05) is 48.4 Å². The molecule has 1 atom stereocenters. The average Bonchev–Trinajstić information content (AvgIpc) is 2.71. The lowest BCUT2D eigenvalue weighted by Gasteiger charge is -2.25. The Hall–Kier alpha value is -2.97. The van der Waals surface area contributed by atoms with Gasteiger partial charge in [0.15, 0.2) is 0 Å². The van der Waals surface area contributed by atoms with Crippen molar-refractivity contribution < 1.29 is 9.53 Å². The zero-order chi connectivity index (χ0) is 20.2. The van der Waals surface area contributed by atoms with Gasteiger partial charge in [0.1, 0.15) is 12.4 Å². The number of carbonyl (C=O) groups excluding carboxylic acids is 1. The van der Waals surface area contributed by atoms with Gasteiger partial charge >= 0.3 is 6.03 Å². The van der Waals surface area contributed by atoms with Gasteiger partial charge in [-0.2, -0.15) is 0 Å². The van der Waals surface area contributed by atoms with E-state index in [1.165, 1.54) is 5.56 Å². The third-order valence-electron chi connectivity index (χ3n) is 4.49. The fraction of sp³-hybridized carbons (Fsp3) is 0.348. The Morgan fingerprint density at radius 2 is 1.79 bits per heavy atom. The van der Waals surface area contributed by atoms with Gasteiger partial charge in [0.2, 0.25) is 0 Å². The molecule has 0 fully saturated rings. The minimum atomic E-state index is -0.145. The Bertz CT molecular complexity index is 752. The van der Waals surface area contributed by atoms with E-state index in [1.54, 1.807) is 0 Å². The van der Waals surface area contributed by atoms with Crippen molar-refractivity contribution in [1.29, 1.82) is 0 Å². The molecule has 5 nitrogen and oxygen atoms in total. The maximum Gasteiger partial charge on any atom is 0.314 e. The smallest absolute Gasteiger partial charge is 0.314 e. The van der Waals surface area contributed by atoms with E-state index < -0.39 is 0 Å². The molecule has 0 aliphatic rings. The molecule has 148 valence electrons. The lowest BCUT2D eigenvalue weighted by molar-refractivity contribution is 0.232. The van der Waals surface area contributed by atoms with E-state index in [0.29, 0.717) is 13.1 Å². The van der Waals surface area contributed by atoms with Crippen LogP contribution in [0, 0.1) is 12.3 Å². The second kappa shape index (κ2) is 11.7. The van der Waals surface area contributed by atoms with Crippen LogP contribution < -0.4 is 15.4 Å². The first kappa shape index (κ1) is 21.3. The fourth-order valence-electron chi connectivity index (χ4n) is 2.79. The summed E-state index contributed by atoms with van der Waals surface area (Å²) in [5.41, 5.74) is 2.39. The molecule has 1 unspecified atom stereocenters. The molecule has 0 aliphatic carbocycles. The van der Waals surface area contributed by atoms with E-state index in [4.69, 9.17) is 11.2 Å². The molecular weight excluding hydrogens is 350 g/mol. The number of terminal acetylenes is 1. The number of nitrogens with one attached hydrogen (secondary N) is 2. The van der Waals surface area contributed by atoms with Gasteiger partial charge in [0, 0.05) is 19.1 Å². The first-order chi connectivity index (χ1) is 13.6. The van der Waals surface area contributed by atoms with Crippen molar-refractivity contribution in [2.45, 2.75) is 18.9 Å². The molecule has 0 bridgehead atoms. The van der Waals surface area contributed by atoms with Gasteiger partial charge in [-0.25, -0.2) is 4.79 Å². The number of likely N-dealkylation sites (N-methyl/N-ethyl adjacent to an activating group) is 1.